The van der Waals surface area contributed by atoms with E-state index in [4.69, 9.17) is 9.84 Å². The molecular weight excluding hydrogens is 399 g/mol. The average molecular weight is 429 g/mol. The number of fused-ring (bicyclic) bond motifs is 1. The molecule has 0 aromatic heterocycles. The number of carboxylic acids is 1. The van der Waals surface area contributed by atoms with E-state index in [0.29, 0.717) is 13.2 Å². The number of nitrogens with zero attached hydrogens (tertiary/aromatic N) is 2. The third kappa shape index (κ3) is 5.17. The van der Waals surface area contributed by atoms with Gasteiger partial charge < -0.3 is 14.9 Å². The van der Waals surface area contributed by atoms with E-state index in [-0.39, 0.29) is 30.8 Å². The van der Waals surface area contributed by atoms with E-state index in [2.05, 4.69) is 9.80 Å². The highest BCUT2D eigenvalue weighted by atomic mass is 19.1. The van der Waals surface area contributed by atoms with Crippen molar-refractivity contribution < 1.29 is 24.1 Å². The molecule has 2 N–H and O–H groups in total. The van der Waals surface area contributed by atoms with E-state index in [1.165, 1.54) is 0 Å². The first-order valence-corrected chi connectivity index (χ1v) is 10.8. The summed E-state index contributed by atoms with van der Waals surface area (Å²) in [7, 11) is 0. The number of hydrogen-bond donors (Lipinski definition) is 2. The minimum atomic E-state index is -0.806. The van der Waals surface area contributed by atoms with Crippen LogP contribution < -0.4 is 4.74 Å². The molecular formula is C24H29FN2O4. The summed E-state index contributed by atoms with van der Waals surface area (Å²) in [5, 5.41) is 19.0. The molecule has 0 amide bonds. The van der Waals surface area contributed by atoms with Gasteiger partial charge in [-0.25, -0.2) is 0 Å². The lowest BCUT2D eigenvalue weighted by atomic mass is 9.88. The molecule has 1 fully saturated rings. The topological polar surface area (TPSA) is 73.2 Å². The quantitative estimate of drug-likeness (QED) is 0.640. The molecule has 2 aliphatic heterocycles. The maximum absolute atomic E-state index is 12.5. The Labute approximate surface area is 181 Å². The Kier molecular flexibility index (Phi) is 6.73. The van der Waals surface area contributed by atoms with E-state index in [1.807, 2.05) is 30.3 Å². The number of benzene rings is 2. The number of alkyl halides is 1. The van der Waals surface area contributed by atoms with Crippen LogP contribution in [0.5, 0.6) is 11.5 Å². The van der Waals surface area contributed by atoms with Gasteiger partial charge in [-0.1, -0.05) is 18.2 Å². The molecule has 0 aliphatic carbocycles. The lowest BCUT2D eigenvalue weighted by Crippen LogP contribution is -2.49. The molecule has 2 aliphatic rings. The second-order valence-electron chi connectivity index (χ2n) is 8.41. The molecule has 0 saturated carbocycles. The zero-order chi connectivity index (χ0) is 21.8. The lowest BCUT2D eigenvalue weighted by Gasteiger charge is -2.38. The highest BCUT2D eigenvalue weighted by molar-refractivity contribution is 5.66. The van der Waals surface area contributed by atoms with Crippen molar-refractivity contribution in [3.05, 3.63) is 59.2 Å². The van der Waals surface area contributed by atoms with Gasteiger partial charge in [-0.2, -0.15) is 0 Å². The molecule has 1 unspecified atom stereocenters. The average Bonchev–Trinajstić information content (AvgIpc) is 2.73. The summed E-state index contributed by atoms with van der Waals surface area (Å²) in [6, 6.07) is 13.3. The number of aromatic hydroxyl groups is 1. The SMILES string of the molecule is O=C(O)CCN1CCc2cc(O)ccc2C1c1ccc(OCCN2CC(CF)C2)cc1. The van der Waals surface area contributed by atoms with Gasteiger partial charge in [0.1, 0.15) is 18.1 Å². The van der Waals surface area contributed by atoms with Crippen LogP contribution in [0.25, 0.3) is 0 Å². The summed E-state index contributed by atoms with van der Waals surface area (Å²) >= 11 is 0. The molecule has 1 atom stereocenters. The molecule has 31 heavy (non-hydrogen) atoms. The third-order valence-electron chi connectivity index (χ3n) is 6.19. The third-order valence-corrected chi connectivity index (χ3v) is 6.19. The number of phenolic OH excluding ortho intramolecular Hbond substituents is 1. The fraction of sp³-hybridized carbons (Fsp3) is 0.458. The molecule has 7 heteroatoms. The maximum Gasteiger partial charge on any atom is 0.304 e. The van der Waals surface area contributed by atoms with Crippen LogP contribution in [0, 0.1) is 5.92 Å². The number of likely N-dealkylation sites (tertiary alicyclic amines) is 1. The van der Waals surface area contributed by atoms with E-state index >= 15 is 0 Å². The number of phenols is 1. The smallest absolute Gasteiger partial charge is 0.304 e. The molecule has 2 heterocycles. The Morgan fingerprint density at radius 2 is 1.90 bits per heavy atom. The number of rotatable bonds is 9. The minimum Gasteiger partial charge on any atom is -0.508 e. The zero-order valence-corrected chi connectivity index (χ0v) is 17.5. The number of halogens is 1. The van der Waals surface area contributed by atoms with Gasteiger partial charge in [0.15, 0.2) is 0 Å². The Bertz CT molecular complexity index is 899. The molecule has 166 valence electrons. The molecule has 2 aromatic rings. The predicted molar refractivity (Wildman–Crippen MR) is 115 cm³/mol. The maximum atomic E-state index is 12.5. The number of aliphatic carboxylic acids is 1. The second-order valence-corrected chi connectivity index (χ2v) is 8.41. The molecule has 2 aromatic carbocycles. The van der Waals surface area contributed by atoms with Crippen LogP contribution >= 0.6 is 0 Å². The first-order valence-electron chi connectivity index (χ1n) is 10.8. The molecule has 0 radical (unpaired) electrons. The minimum absolute atomic E-state index is 0.0588. The van der Waals surface area contributed by atoms with Crippen molar-refractivity contribution >= 4 is 5.97 Å². The number of carbonyl (C=O) groups is 1. The van der Waals surface area contributed by atoms with Gasteiger partial charge in [-0.15, -0.1) is 0 Å². The van der Waals surface area contributed by atoms with Crippen molar-refractivity contribution in [3.63, 3.8) is 0 Å². The van der Waals surface area contributed by atoms with E-state index < -0.39 is 5.97 Å². The van der Waals surface area contributed by atoms with Crippen LogP contribution in [0.4, 0.5) is 4.39 Å². The van der Waals surface area contributed by atoms with Crippen LogP contribution in [0.15, 0.2) is 42.5 Å². The predicted octanol–water partition coefficient (Wildman–Crippen LogP) is 3.09. The van der Waals surface area contributed by atoms with Gasteiger partial charge in [0.2, 0.25) is 0 Å². The summed E-state index contributed by atoms with van der Waals surface area (Å²) in [5.41, 5.74) is 3.26. The molecule has 4 rings (SSSR count). The van der Waals surface area contributed by atoms with Gasteiger partial charge in [0.25, 0.3) is 0 Å². The summed E-state index contributed by atoms with van der Waals surface area (Å²) in [5.74, 6) is 0.410. The van der Waals surface area contributed by atoms with E-state index in [9.17, 15) is 14.3 Å². The van der Waals surface area contributed by atoms with E-state index in [0.717, 1.165) is 55.0 Å². The monoisotopic (exact) mass is 428 g/mol. The Hall–Kier alpha value is -2.64. The second kappa shape index (κ2) is 9.66. The lowest BCUT2D eigenvalue weighted by molar-refractivity contribution is -0.137. The van der Waals surface area contributed by atoms with Gasteiger partial charge >= 0.3 is 5.97 Å². The van der Waals surface area contributed by atoms with Crippen LogP contribution in [0.2, 0.25) is 0 Å². The molecule has 0 spiro atoms. The van der Waals surface area contributed by atoms with Gasteiger partial charge in [-0.05, 0) is 47.4 Å². The normalized spacial score (nSPS) is 19.6. The zero-order valence-electron chi connectivity index (χ0n) is 17.5. The van der Waals surface area contributed by atoms with Gasteiger partial charge in [0, 0.05) is 38.6 Å². The Morgan fingerprint density at radius 3 is 2.61 bits per heavy atom. The first kappa shape index (κ1) is 21.6. The van der Waals surface area contributed by atoms with Crippen LogP contribution in [-0.4, -0.2) is 72.0 Å². The summed E-state index contributed by atoms with van der Waals surface area (Å²) in [4.78, 5) is 15.5. The molecule has 1 saturated heterocycles. The largest absolute Gasteiger partial charge is 0.508 e. The van der Waals surface area contributed by atoms with Crippen LogP contribution in [0.3, 0.4) is 0 Å². The number of carboxylic acid groups (broad SMARTS) is 1. The standard InChI is InChI=1S/C24H29FN2O4/c25-14-17-15-26(16-17)11-12-31-21-4-1-18(2-5-21)24-22-6-3-20(28)13-19(22)7-9-27(24)10-8-23(29)30/h1-6,13,17,24,28H,7-12,14-16H2,(H,29,30). The van der Waals surface area contributed by atoms with Crippen LogP contribution in [-0.2, 0) is 11.2 Å². The molecule has 0 bridgehead atoms. The van der Waals surface area contributed by atoms with Crippen molar-refractivity contribution in [2.75, 3.05) is 46.0 Å². The highest BCUT2D eigenvalue weighted by Crippen LogP contribution is 2.37. The molecule has 6 nitrogen and oxygen atoms in total. The van der Waals surface area contributed by atoms with Crippen molar-refractivity contribution in [3.8, 4) is 11.5 Å². The number of ether oxygens (including phenoxy) is 1. The highest BCUT2D eigenvalue weighted by Gasteiger charge is 2.29. The summed E-state index contributed by atoms with van der Waals surface area (Å²) in [6.07, 6.45) is 0.867. The van der Waals surface area contributed by atoms with Crippen molar-refractivity contribution in [2.45, 2.75) is 18.9 Å². The Balaban J connectivity index is 1.44. The summed E-state index contributed by atoms with van der Waals surface area (Å²) < 4.78 is 18.4. The van der Waals surface area contributed by atoms with Gasteiger partial charge in [-0.3, -0.25) is 19.0 Å². The fourth-order valence-electron chi connectivity index (χ4n) is 4.53. The first-order chi connectivity index (χ1) is 15.0. The van der Waals surface area contributed by atoms with Crippen molar-refractivity contribution in [2.24, 2.45) is 5.92 Å². The van der Waals surface area contributed by atoms with Crippen LogP contribution in [0.1, 0.15) is 29.2 Å². The van der Waals surface area contributed by atoms with Crippen molar-refractivity contribution in [1.29, 1.82) is 0 Å². The fourth-order valence-corrected chi connectivity index (χ4v) is 4.53. The van der Waals surface area contributed by atoms with Gasteiger partial charge in [0.05, 0.1) is 19.1 Å². The summed E-state index contributed by atoms with van der Waals surface area (Å²) in [6.45, 7) is 3.93. The van der Waals surface area contributed by atoms with Crippen molar-refractivity contribution in [1.82, 2.24) is 9.80 Å². The Morgan fingerprint density at radius 1 is 1.13 bits per heavy atom. The van der Waals surface area contributed by atoms with E-state index in [1.54, 1.807) is 12.1 Å². The number of hydrogen-bond acceptors (Lipinski definition) is 5.